The Labute approximate surface area is 94.4 Å². The molecular weight excluding hydrogens is 206 g/mol. The molecule has 0 spiro atoms. The Morgan fingerprint density at radius 2 is 2.62 bits per heavy atom. The fourth-order valence-electron chi connectivity index (χ4n) is 1.95. The molecule has 1 atom stereocenters. The molecule has 6 heteroatoms. The molecule has 0 aromatic carbocycles. The maximum Gasteiger partial charge on any atom is 0.227 e. The lowest BCUT2D eigenvalue weighted by Crippen LogP contribution is -2.32. The van der Waals surface area contributed by atoms with Crippen LogP contribution in [0.1, 0.15) is 19.3 Å². The molecule has 0 bridgehead atoms. The van der Waals surface area contributed by atoms with Gasteiger partial charge in [0.05, 0.1) is 0 Å². The van der Waals surface area contributed by atoms with E-state index in [0.29, 0.717) is 18.3 Å². The van der Waals surface area contributed by atoms with E-state index in [9.17, 15) is 4.79 Å². The van der Waals surface area contributed by atoms with Crippen LogP contribution < -0.4 is 10.6 Å². The number of aryl methyl sites for hydroxylation is 1. The highest BCUT2D eigenvalue weighted by molar-refractivity contribution is 5.89. The summed E-state index contributed by atoms with van der Waals surface area (Å²) in [5.74, 6) is 0.973. The van der Waals surface area contributed by atoms with Crippen LogP contribution in [-0.4, -0.2) is 33.8 Å². The maximum atomic E-state index is 11.7. The van der Waals surface area contributed by atoms with Gasteiger partial charge in [-0.2, -0.15) is 10.1 Å². The predicted octanol–water partition coefficient (Wildman–Crippen LogP) is 0.143. The Morgan fingerprint density at radius 3 is 3.25 bits per heavy atom. The third kappa shape index (κ3) is 2.79. The summed E-state index contributed by atoms with van der Waals surface area (Å²) >= 11 is 0. The molecule has 2 rings (SSSR count). The van der Waals surface area contributed by atoms with E-state index in [-0.39, 0.29) is 5.91 Å². The zero-order chi connectivity index (χ0) is 11.4. The number of aromatic nitrogens is 3. The minimum absolute atomic E-state index is 0.0183. The van der Waals surface area contributed by atoms with Crippen LogP contribution >= 0.6 is 0 Å². The Hall–Kier alpha value is -1.43. The lowest BCUT2D eigenvalue weighted by Gasteiger charge is -2.21. The lowest BCUT2D eigenvalue weighted by atomic mass is 9.96. The average molecular weight is 223 g/mol. The van der Waals surface area contributed by atoms with Gasteiger partial charge in [0.1, 0.15) is 6.33 Å². The van der Waals surface area contributed by atoms with Crippen LogP contribution in [0.25, 0.3) is 0 Å². The normalized spacial score (nSPS) is 20.7. The van der Waals surface area contributed by atoms with Gasteiger partial charge in [0, 0.05) is 13.5 Å². The first-order valence-corrected chi connectivity index (χ1v) is 5.60. The van der Waals surface area contributed by atoms with Gasteiger partial charge in [0.15, 0.2) is 0 Å². The summed E-state index contributed by atoms with van der Waals surface area (Å²) in [7, 11) is 1.75. The fraction of sp³-hybridized carbons (Fsp3) is 0.700. The molecule has 2 heterocycles. The van der Waals surface area contributed by atoms with Gasteiger partial charge in [-0.1, -0.05) is 0 Å². The van der Waals surface area contributed by atoms with E-state index in [1.807, 2.05) is 0 Å². The molecule has 88 valence electrons. The van der Waals surface area contributed by atoms with E-state index in [1.165, 1.54) is 6.33 Å². The summed E-state index contributed by atoms with van der Waals surface area (Å²) in [6, 6.07) is 0. The fourth-order valence-corrected chi connectivity index (χ4v) is 1.95. The third-order valence-electron chi connectivity index (χ3n) is 2.84. The number of anilines is 1. The van der Waals surface area contributed by atoms with E-state index >= 15 is 0 Å². The molecule has 1 aliphatic heterocycles. The second kappa shape index (κ2) is 5.07. The topological polar surface area (TPSA) is 71.8 Å². The lowest BCUT2D eigenvalue weighted by molar-refractivity contribution is -0.117. The Kier molecular flexibility index (Phi) is 3.51. The van der Waals surface area contributed by atoms with Crippen molar-refractivity contribution in [3.05, 3.63) is 6.33 Å². The number of carbonyl (C=O) groups excluding carboxylic acids is 1. The predicted molar refractivity (Wildman–Crippen MR) is 59.8 cm³/mol. The van der Waals surface area contributed by atoms with E-state index in [1.54, 1.807) is 11.7 Å². The van der Waals surface area contributed by atoms with Crippen molar-refractivity contribution in [3.63, 3.8) is 0 Å². The molecular formula is C10H17N5O. The number of nitrogens with zero attached hydrogens (tertiary/aromatic N) is 3. The van der Waals surface area contributed by atoms with Gasteiger partial charge in [-0.25, -0.2) is 4.68 Å². The highest BCUT2D eigenvalue weighted by Gasteiger charge is 2.17. The molecule has 0 saturated carbocycles. The van der Waals surface area contributed by atoms with Crippen molar-refractivity contribution in [2.75, 3.05) is 18.4 Å². The quantitative estimate of drug-likeness (QED) is 0.764. The summed E-state index contributed by atoms with van der Waals surface area (Å²) in [6.45, 7) is 2.01. The van der Waals surface area contributed by atoms with Gasteiger partial charge in [0.25, 0.3) is 0 Å². The van der Waals surface area contributed by atoms with Crippen LogP contribution in [0.5, 0.6) is 0 Å². The van der Waals surface area contributed by atoms with Gasteiger partial charge in [-0.05, 0) is 31.8 Å². The van der Waals surface area contributed by atoms with E-state index < -0.39 is 0 Å². The second-order valence-electron chi connectivity index (χ2n) is 4.17. The number of hydrogen-bond donors (Lipinski definition) is 2. The molecule has 1 aromatic heterocycles. The molecule has 1 fully saturated rings. The molecule has 1 amide bonds. The van der Waals surface area contributed by atoms with Gasteiger partial charge >= 0.3 is 0 Å². The van der Waals surface area contributed by atoms with Crippen LogP contribution in [0.3, 0.4) is 0 Å². The van der Waals surface area contributed by atoms with Crippen molar-refractivity contribution >= 4 is 11.9 Å². The standard InChI is InChI=1S/C10H17N5O/c1-15-10(12-7-13-15)14-9(16)5-8-3-2-4-11-6-8/h7-8,11H,2-6H2,1H3,(H,12,13,14,16). The summed E-state index contributed by atoms with van der Waals surface area (Å²) in [4.78, 5) is 15.7. The zero-order valence-electron chi connectivity index (χ0n) is 9.44. The Morgan fingerprint density at radius 1 is 1.75 bits per heavy atom. The minimum Gasteiger partial charge on any atom is -0.316 e. The number of nitrogens with one attached hydrogen (secondary N) is 2. The highest BCUT2D eigenvalue weighted by atomic mass is 16.1. The summed E-state index contributed by atoms with van der Waals surface area (Å²) in [5, 5.41) is 9.95. The number of amides is 1. The summed E-state index contributed by atoms with van der Waals surface area (Å²) in [6.07, 6.45) is 4.26. The van der Waals surface area contributed by atoms with Gasteiger partial charge in [0.2, 0.25) is 11.9 Å². The van der Waals surface area contributed by atoms with E-state index in [4.69, 9.17) is 0 Å². The Balaban J connectivity index is 1.82. The largest absolute Gasteiger partial charge is 0.316 e. The molecule has 0 aliphatic carbocycles. The molecule has 1 unspecified atom stereocenters. The summed E-state index contributed by atoms with van der Waals surface area (Å²) in [5.41, 5.74) is 0. The molecule has 1 aromatic rings. The van der Waals surface area contributed by atoms with Crippen molar-refractivity contribution in [1.82, 2.24) is 20.1 Å². The first-order chi connectivity index (χ1) is 7.75. The van der Waals surface area contributed by atoms with Crippen molar-refractivity contribution in [2.45, 2.75) is 19.3 Å². The van der Waals surface area contributed by atoms with Crippen LogP contribution in [0.4, 0.5) is 5.95 Å². The zero-order valence-corrected chi connectivity index (χ0v) is 9.44. The number of hydrogen-bond acceptors (Lipinski definition) is 4. The number of piperidine rings is 1. The van der Waals surface area contributed by atoms with Crippen LogP contribution in [-0.2, 0) is 11.8 Å². The minimum atomic E-state index is 0.0183. The second-order valence-corrected chi connectivity index (χ2v) is 4.17. The molecule has 0 radical (unpaired) electrons. The van der Waals surface area contributed by atoms with Crippen LogP contribution in [0.15, 0.2) is 6.33 Å². The van der Waals surface area contributed by atoms with Crippen LogP contribution in [0, 0.1) is 5.92 Å². The highest BCUT2D eigenvalue weighted by Crippen LogP contribution is 2.14. The number of carbonyl (C=O) groups is 1. The smallest absolute Gasteiger partial charge is 0.227 e. The maximum absolute atomic E-state index is 11.7. The van der Waals surface area contributed by atoms with Crippen molar-refractivity contribution in [2.24, 2.45) is 13.0 Å². The van der Waals surface area contributed by atoms with Crippen molar-refractivity contribution < 1.29 is 4.79 Å². The van der Waals surface area contributed by atoms with Gasteiger partial charge in [-0.3, -0.25) is 10.1 Å². The van der Waals surface area contributed by atoms with Crippen LogP contribution in [0.2, 0.25) is 0 Å². The summed E-state index contributed by atoms with van der Waals surface area (Å²) < 4.78 is 1.55. The van der Waals surface area contributed by atoms with E-state index in [2.05, 4.69) is 20.7 Å². The van der Waals surface area contributed by atoms with Gasteiger partial charge < -0.3 is 5.32 Å². The van der Waals surface area contributed by atoms with E-state index in [0.717, 1.165) is 25.9 Å². The van der Waals surface area contributed by atoms with Gasteiger partial charge in [-0.15, -0.1) is 0 Å². The molecule has 1 aliphatic rings. The average Bonchev–Trinajstić information content (AvgIpc) is 2.66. The third-order valence-corrected chi connectivity index (χ3v) is 2.84. The Bertz CT molecular complexity index is 356. The first kappa shape index (κ1) is 11.1. The molecule has 6 nitrogen and oxygen atoms in total. The monoisotopic (exact) mass is 223 g/mol. The molecule has 1 saturated heterocycles. The first-order valence-electron chi connectivity index (χ1n) is 5.60. The number of rotatable bonds is 3. The van der Waals surface area contributed by atoms with Crippen molar-refractivity contribution in [3.8, 4) is 0 Å². The SMILES string of the molecule is Cn1ncnc1NC(=O)CC1CCCNC1. The van der Waals surface area contributed by atoms with Crippen molar-refractivity contribution in [1.29, 1.82) is 0 Å². The molecule has 2 N–H and O–H groups in total. The molecule has 16 heavy (non-hydrogen) atoms.